The van der Waals surface area contributed by atoms with Crippen LogP contribution < -0.4 is 14.8 Å². The second-order valence-corrected chi connectivity index (χ2v) is 6.24. The van der Waals surface area contributed by atoms with Crippen molar-refractivity contribution in [1.29, 1.82) is 0 Å². The predicted molar refractivity (Wildman–Crippen MR) is 110 cm³/mol. The molecular weight excluding hydrogens is 372 g/mol. The second-order valence-electron chi connectivity index (χ2n) is 6.24. The molecule has 0 aliphatic heterocycles. The van der Waals surface area contributed by atoms with E-state index in [1.807, 2.05) is 19.9 Å². The third kappa shape index (κ3) is 3.87. The highest BCUT2D eigenvalue weighted by Crippen LogP contribution is 2.30. The number of ether oxygens (including phenoxy) is 2. The minimum Gasteiger partial charge on any atom is -0.493 e. The summed E-state index contributed by atoms with van der Waals surface area (Å²) in [7, 11) is 3.07. The summed E-state index contributed by atoms with van der Waals surface area (Å²) in [5.74, 6) is 0.548. The molecule has 0 radical (unpaired) electrons. The summed E-state index contributed by atoms with van der Waals surface area (Å²) < 4.78 is 12.1. The van der Waals surface area contributed by atoms with Crippen LogP contribution in [0.2, 0.25) is 0 Å². The SMILES string of the molecule is CCN(CC)C(=O)c1nc(C(=O)Nc2ccc(OC)c(OC)c2)n2ccccc12. The first-order valence-electron chi connectivity index (χ1n) is 9.33. The highest BCUT2D eigenvalue weighted by Gasteiger charge is 2.24. The quantitative estimate of drug-likeness (QED) is 0.663. The molecule has 1 N–H and O–H groups in total. The van der Waals surface area contributed by atoms with E-state index in [9.17, 15) is 9.59 Å². The third-order valence-electron chi connectivity index (χ3n) is 4.65. The molecule has 0 spiro atoms. The van der Waals surface area contributed by atoms with Gasteiger partial charge in [-0.05, 0) is 38.1 Å². The number of methoxy groups -OCH3 is 2. The number of carbonyl (C=O) groups is 2. The van der Waals surface area contributed by atoms with Crippen LogP contribution in [-0.4, -0.2) is 53.4 Å². The van der Waals surface area contributed by atoms with Gasteiger partial charge in [0, 0.05) is 31.0 Å². The van der Waals surface area contributed by atoms with Gasteiger partial charge in [-0.25, -0.2) is 4.98 Å². The Hall–Kier alpha value is -3.55. The van der Waals surface area contributed by atoms with Crippen molar-refractivity contribution in [3.8, 4) is 11.5 Å². The van der Waals surface area contributed by atoms with Gasteiger partial charge in [0.2, 0.25) is 5.82 Å². The minimum atomic E-state index is -0.433. The number of hydrogen-bond donors (Lipinski definition) is 1. The summed E-state index contributed by atoms with van der Waals surface area (Å²) in [5.41, 5.74) is 1.37. The van der Waals surface area contributed by atoms with Crippen molar-refractivity contribution < 1.29 is 19.1 Å². The molecular formula is C21H24N4O4. The number of benzene rings is 1. The summed E-state index contributed by atoms with van der Waals surface area (Å²) in [6.07, 6.45) is 1.71. The average Bonchev–Trinajstić information content (AvgIpc) is 3.14. The Morgan fingerprint density at radius 3 is 2.45 bits per heavy atom. The van der Waals surface area contributed by atoms with E-state index in [0.29, 0.717) is 35.8 Å². The van der Waals surface area contributed by atoms with Gasteiger partial charge in [-0.15, -0.1) is 0 Å². The number of aromatic nitrogens is 2. The zero-order valence-corrected chi connectivity index (χ0v) is 16.9. The zero-order chi connectivity index (χ0) is 21.0. The van der Waals surface area contributed by atoms with Crippen LogP contribution in [-0.2, 0) is 0 Å². The first-order chi connectivity index (χ1) is 14.0. The summed E-state index contributed by atoms with van der Waals surface area (Å²) in [4.78, 5) is 31.8. The molecule has 0 bridgehead atoms. The molecule has 0 saturated carbocycles. The van der Waals surface area contributed by atoms with E-state index in [1.54, 1.807) is 52.9 Å². The van der Waals surface area contributed by atoms with Crippen LogP contribution in [0, 0.1) is 0 Å². The van der Waals surface area contributed by atoms with Crippen LogP contribution in [0.4, 0.5) is 5.69 Å². The number of amides is 2. The Morgan fingerprint density at radius 2 is 1.79 bits per heavy atom. The third-order valence-corrected chi connectivity index (χ3v) is 4.65. The average molecular weight is 396 g/mol. The molecule has 2 heterocycles. The van der Waals surface area contributed by atoms with Gasteiger partial charge in [0.1, 0.15) is 0 Å². The fourth-order valence-electron chi connectivity index (χ4n) is 3.12. The lowest BCUT2D eigenvalue weighted by atomic mass is 10.2. The second kappa shape index (κ2) is 8.64. The smallest absolute Gasteiger partial charge is 0.292 e. The van der Waals surface area contributed by atoms with Gasteiger partial charge in [0.05, 0.1) is 19.7 Å². The summed E-state index contributed by atoms with van der Waals surface area (Å²) >= 11 is 0. The molecule has 0 saturated heterocycles. The molecule has 29 heavy (non-hydrogen) atoms. The minimum absolute atomic E-state index is 0.130. The van der Waals surface area contributed by atoms with Gasteiger partial charge < -0.3 is 19.7 Å². The van der Waals surface area contributed by atoms with E-state index in [1.165, 1.54) is 7.11 Å². The predicted octanol–water partition coefficient (Wildman–Crippen LogP) is 3.09. The lowest BCUT2D eigenvalue weighted by molar-refractivity contribution is 0.0769. The van der Waals surface area contributed by atoms with Crippen molar-refractivity contribution in [2.24, 2.45) is 0 Å². The fraction of sp³-hybridized carbons (Fsp3) is 0.286. The molecule has 3 aromatic rings. The zero-order valence-electron chi connectivity index (χ0n) is 16.9. The molecule has 0 aliphatic rings. The van der Waals surface area contributed by atoms with Gasteiger partial charge in [-0.3, -0.25) is 14.0 Å². The van der Waals surface area contributed by atoms with E-state index in [0.717, 1.165) is 0 Å². The number of fused-ring (bicyclic) bond motifs is 1. The number of imidazole rings is 1. The van der Waals surface area contributed by atoms with Crippen LogP contribution in [0.5, 0.6) is 11.5 Å². The molecule has 2 aromatic heterocycles. The van der Waals surface area contributed by atoms with Gasteiger partial charge in [0.15, 0.2) is 17.2 Å². The topological polar surface area (TPSA) is 85.2 Å². The lowest BCUT2D eigenvalue weighted by Gasteiger charge is -2.17. The maximum Gasteiger partial charge on any atom is 0.292 e. The fourth-order valence-corrected chi connectivity index (χ4v) is 3.12. The Labute approximate surface area is 169 Å². The molecule has 0 atom stereocenters. The van der Waals surface area contributed by atoms with E-state index in [-0.39, 0.29) is 17.4 Å². The highest BCUT2D eigenvalue weighted by molar-refractivity contribution is 6.06. The van der Waals surface area contributed by atoms with Crippen molar-refractivity contribution in [1.82, 2.24) is 14.3 Å². The van der Waals surface area contributed by atoms with Crippen LogP contribution in [0.25, 0.3) is 5.52 Å². The largest absolute Gasteiger partial charge is 0.493 e. The van der Waals surface area contributed by atoms with Gasteiger partial charge >= 0.3 is 0 Å². The molecule has 1 aromatic carbocycles. The Morgan fingerprint density at radius 1 is 1.07 bits per heavy atom. The Kier molecular flexibility index (Phi) is 6.01. The van der Waals surface area contributed by atoms with E-state index in [4.69, 9.17) is 9.47 Å². The van der Waals surface area contributed by atoms with Crippen molar-refractivity contribution in [2.75, 3.05) is 32.6 Å². The molecule has 8 nitrogen and oxygen atoms in total. The first kappa shape index (κ1) is 20.2. The van der Waals surface area contributed by atoms with Crippen LogP contribution in [0.15, 0.2) is 42.6 Å². The molecule has 0 fully saturated rings. The van der Waals surface area contributed by atoms with Crippen molar-refractivity contribution in [3.05, 3.63) is 54.1 Å². The Balaban J connectivity index is 1.97. The van der Waals surface area contributed by atoms with Crippen molar-refractivity contribution in [2.45, 2.75) is 13.8 Å². The summed E-state index contributed by atoms with van der Waals surface area (Å²) in [6, 6.07) is 10.4. The molecule has 8 heteroatoms. The van der Waals surface area contributed by atoms with Gasteiger partial charge in [-0.1, -0.05) is 6.07 Å². The number of pyridine rings is 1. The van der Waals surface area contributed by atoms with Crippen molar-refractivity contribution >= 4 is 23.0 Å². The van der Waals surface area contributed by atoms with Crippen molar-refractivity contribution in [3.63, 3.8) is 0 Å². The molecule has 0 aliphatic carbocycles. The van der Waals surface area contributed by atoms with Crippen LogP contribution >= 0.6 is 0 Å². The van der Waals surface area contributed by atoms with E-state index >= 15 is 0 Å². The summed E-state index contributed by atoms with van der Waals surface area (Å²) in [5, 5.41) is 2.80. The van der Waals surface area contributed by atoms with Crippen LogP contribution in [0.3, 0.4) is 0 Å². The number of carbonyl (C=O) groups excluding carboxylic acids is 2. The molecule has 0 unspecified atom stereocenters. The van der Waals surface area contributed by atoms with E-state index < -0.39 is 5.91 Å². The molecule has 152 valence electrons. The number of anilines is 1. The van der Waals surface area contributed by atoms with Gasteiger partial charge in [0.25, 0.3) is 11.8 Å². The highest BCUT2D eigenvalue weighted by atomic mass is 16.5. The standard InChI is InChI=1S/C21H24N4O4/c1-5-24(6-2)21(27)18-15-9-7-8-12-25(15)19(23-18)20(26)22-14-10-11-16(28-3)17(13-14)29-4/h7-13H,5-6H2,1-4H3,(H,22,26). The number of rotatable bonds is 7. The monoisotopic (exact) mass is 396 g/mol. The summed E-state index contributed by atoms with van der Waals surface area (Å²) in [6.45, 7) is 4.94. The van der Waals surface area contributed by atoms with E-state index in [2.05, 4.69) is 10.3 Å². The first-order valence-corrected chi connectivity index (χ1v) is 9.33. The number of nitrogens with one attached hydrogen (secondary N) is 1. The molecule has 3 rings (SSSR count). The van der Waals surface area contributed by atoms with Gasteiger partial charge in [-0.2, -0.15) is 0 Å². The van der Waals surface area contributed by atoms with Crippen LogP contribution in [0.1, 0.15) is 35.0 Å². The number of hydrogen-bond acceptors (Lipinski definition) is 5. The normalized spacial score (nSPS) is 10.6. The Bertz CT molecular complexity index is 1040. The lowest BCUT2D eigenvalue weighted by Crippen LogP contribution is -2.31. The maximum atomic E-state index is 12.9. The number of nitrogens with zero attached hydrogens (tertiary/aromatic N) is 3. The molecule has 2 amide bonds. The maximum absolute atomic E-state index is 12.9.